The number of hydrogen-bond acceptors (Lipinski definition) is 6. The Balaban J connectivity index is 1.64. The summed E-state index contributed by atoms with van der Waals surface area (Å²) in [5.41, 5.74) is 4.11. The number of carboxylic acid groups (broad SMARTS) is 1. The molecule has 2 amide bonds. The van der Waals surface area contributed by atoms with Crippen LogP contribution in [0.3, 0.4) is 0 Å². The molecule has 0 heterocycles. The maximum atomic E-state index is 12.4. The van der Waals surface area contributed by atoms with Crippen LogP contribution in [0, 0.1) is 0 Å². The normalized spacial score (nSPS) is 14.5. The van der Waals surface area contributed by atoms with Gasteiger partial charge in [0.05, 0.1) is 11.7 Å². The number of ether oxygens (including phenoxy) is 1. The Hall–Kier alpha value is -3.44. The zero-order valence-corrected chi connectivity index (χ0v) is 18.7. The Morgan fingerprint density at radius 2 is 1.61 bits per heavy atom. The van der Waals surface area contributed by atoms with E-state index in [2.05, 4.69) is 10.6 Å². The van der Waals surface area contributed by atoms with Crippen molar-refractivity contribution in [3.63, 3.8) is 0 Å². The van der Waals surface area contributed by atoms with Gasteiger partial charge in [-0.05, 0) is 29.2 Å². The minimum Gasteiger partial charge on any atom is -0.481 e. The van der Waals surface area contributed by atoms with E-state index in [-0.39, 0.29) is 19.1 Å². The van der Waals surface area contributed by atoms with Gasteiger partial charge in [0.15, 0.2) is 0 Å². The molecule has 2 unspecified atom stereocenters. The summed E-state index contributed by atoms with van der Waals surface area (Å²) in [6.07, 6.45) is -1.67. The van der Waals surface area contributed by atoms with Crippen LogP contribution in [0.25, 0.3) is 11.1 Å². The van der Waals surface area contributed by atoms with Gasteiger partial charge in [0.25, 0.3) is 0 Å². The van der Waals surface area contributed by atoms with Crippen molar-refractivity contribution in [2.45, 2.75) is 30.6 Å². The molecule has 0 fully saturated rings. The lowest BCUT2D eigenvalue weighted by molar-refractivity contribution is -0.139. The molecule has 0 spiro atoms. The molecular formula is C22H25N3O7S. The fourth-order valence-electron chi connectivity index (χ4n) is 3.65. The van der Waals surface area contributed by atoms with E-state index in [0.717, 1.165) is 22.3 Å². The first-order chi connectivity index (χ1) is 15.6. The van der Waals surface area contributed by atoms with Gasteiger partial charge < -0.3 is 20.5 Å². The van der Waals surface area contributed by atoms with E-state index < -0.39 is 45.7 Å². The highest BCUT2D eigenvalue weighted by Crippen LogP contribution is 2.44. The molecule has 0 saturated heterocycles. The number of fused-ring (bicyclic) bond motifs is 3. The first kappa shape index (κ1) is 24.2. The van der Waals surface area contributed by atoms with Gasteiger partial charge in [-0.1, -0.05) is 48.5 Å². The number of benzene rings is 2. The summed E-state index contributed by atoms with van der Waals surface area (Å²) in [6, 6.07) is 14.1. The molecule has 11 heteroatoms. The van der Waals surface area contributed by atoms with E-state index in [9.17, 15) is 22.8 Å². The second-order valence-corrected chi connectivity index (χ2v) is 9.75. The third-order valence-corrected chi connectivity index (χ3v) is 6.74. The van der Waals surface area contributed by atoms with E-state index in [1.165, 1.54) is 6.92 Å². The molecule has 1 aliphatic carbocycles. The molecule has 0 bridgehead atoms. The lowest BCUT2D eigenvalue weighted by Crippen LogP contribution is -2.50. The summed E-state index contributed by atoms with van der Waals surface area (Å²) in [5, 5.41) is 17.5. The fraction of sp³-hybridized carbons (Fsp3) is 0.318. The van der Waals surface area contributed by atoms with Gasteiger partial charge in [-0.25, -0.2) is 18.4 Å². The molecule has 0 radical (unpaired) electrons. The number of sulfonamides is 1. The topological polar surface area (TPSA) is 165 Å². The first-order valence-electron chi connectivity index (χ1n) is 10.2. The van der Waals surface area contributed by atoms with Crippen LogP contribution in [0.5, 0.6) is 0 Å². The number of amides is 2. The van der Waals surface area contributed by atoms with Crippen LogP contribution < -0.4 is 15.8 Å². The molecule has 0 aliphatic heterocycles. The third-order valence-electron chi connectivity index (χ3n) is 5.46. The summed E-state index contributed by atoms with van der Waals surface area (Å²) >= 11 is 0. The second-order valence-electron chi connectivity index (χ2n) is 7.77. The molecule has 1 aliphatic rings. The predicted octanol–water partition coefficient (Wildman–Crippen LogP) is 1.16. The zero-order chi connectivity index (χ0) is 24.2. The van der Waals surface area contributed by atoms with Crippen LogP contribution in [-0.4, -0.2) is 55.9 Å². The number of nitrogens with one attached hydrogen (secondary N) is 2. The Bertz CT molecular complexity index is 1120. The van der Waals surface area contributed by atoms with Crippen molar-refractivity contribution < 1.29 is 32.6 Å². The smallest absolute Gasteiger partial charge is 0.407 e. The number of carboxylic acids is 1. The summed E-state index contributed by atoms with van der Waals surface area (Å²) in [5.74, 6) is -2.39. The van der Waals surface area contributed by atoms with E-state index in [1.807, 2.05) is 48.5 Å². The Labute approximate surface area is 191 Å². The maximum absolute atomic E-state index is 12.4. The third kappa shape index (κ3) is 5.88. The molecule has 3 rings (SSSR count). The van der Waals surface area contributed by atoms with Crippen LogP contribution in [0.1, 0.15) is 30.4 Å². The molecule has 10 nitrogen and oxygen atoms in total. The summed E-state index contributed by atoms with van der Waals surface area (Å²) < 4.78 is 27.9. The van der Waals surface area contributed by atoms with E-state index in [4.69, 9.17) is 15.0 Å². The highest BCUT2D eigenvalue weighted by atomic mass is 32.2. The highest BCUT2D eigenvalue weighted by molar-refractivity contribution is 7.89. The fourth-order valence-corrected chi connectivity index (χ4v) is 3.97. The van der Waals surface area contributed by atoms with Crippen molar-refractivity contribution in [3.05, 3.63) is 59.7 Å². The summed E-state index contributed by atoms with van der Waals surface area (Å²) in [7, 11) is -3.88. The first-order valence-corrected chi connectivity index (χ1v) is 11.8. The Morgan fingerprint density at radius 1 is 1.06 bits per heavy atom. The van der Waals surface area contributed by atoms with Crippen LogP contribution in [0.2, 0.25) is 0 Å². The van der Waals surface area contributed by atoms with Gasteiger partial charge in [0.1, 0.15) is 12.6 Å². The van der Waals surface area contributed by atoms with Crippen LogP contribution in [-0.2, 0) is 24.3 Å². The van der Waals surface area contributed by atoms with Gasteiger partial charge >= 0.3 is 12.1 Å². The van der Waals surface area contributed by atoms with Crippen molar-refractivity contribution in [3.8, 4) is 11.1 Å². The van der Waals surface area contributed by atoms with Crippen LogP contribution >= 0.6 is 0 Å². The molecule has 2 aromatic rings. The minimum absolute atomic E-state index is 0.0102. The molecule has 2 atom stereocenters. The number of aliphatic carboxylic acids is 1. The molecule has 176 valence electrons. The maximum Gasteiger partial charge on any atom is 0.407 e. The minimum atomic E-state index is -3.88. The zero-order valence-electron chi connectivity index (χ0n) is 17.9. The average Bonchev–Trinajstić information content (AvgIpc) is 3.08. The van der Waals surface area contributed by atoms with Crippen molar-refractivity contribution in [1.29, 1.82) is 0 Å². The van der Waals surface area contributed by atoms with Crippen LogP contribution in [0.15, 0.2) is 48.5 Å². The Morgan fingerprint density at radius 3 is 2.12 bits per heavy atom. The number of alkyl carbamates (subject to hydrolysis) is 1. The van der Waals surface area contributed by atoms with Crippen molar-refractivity contribution in [2.24, 2.45) is 5.14 Å². The standard InChI is InChI=1S/C22H25N3O7S/c1-13(33(23,30)31)11-24-21(28)19(10-20(26)27)25-22(29)32-12-18-16-8-4-2-6-14(16)15-7-3-5-9-17(15)18/h2-9,13,18-19H,10-12H2,1H3,(H,24,28)(H,25,29)(H,26,27)(H2,23,30,31). The molecule has 33 heavy (non-hydrogen) atoms. The number of rotatable bonds is 9. The summed E-state index contributed by atoms with van der Waals surface area (Å²) in [6.45, 7) is 0.949. The number of nitrogens with two attached hydrogens (primary N) is 1. The number of carbonyl (C=O) groups excluding carboxylic acids is 2. The lowest BCUT2D eigenvalue weighted by atomic mass is 9.98. The van der Waals surface area contributed by atoms with Crippen molar-refractivity contribution in [2.75, 3.05) is 13.2 Å². The predicted molar refractivity (Wildman–Crippen MR) is 120 cm³/mol. The lowest BCUT2D eigenvalue weighted by Gasteiger charge is -2.19. The van der Waals surface area contributed by atoms with Gasteiger partial charge in [0.2, 0.25) is 15.9 Å². The number of carbonyl (C=O) groups is 3. The SMILES string of the molecule is CC(CNC(=O)C(CC(=O)O)NC(=O)OCC1c2ccccc2-c2ccccc21)S(N)(=O)=O. The molecule has 0 aromatic heterocycles. The van der Waals surface area contributed by atoms with E-state index in [0.29, 0.717) is 0 Å². The van der Waals surface area contributed by atoms with Gasteiger partial charge in [-0.2, -0.15) is 0 Å². The van der Waals surface area contributed by atoms with Gasteiger partial charge in [-0.3, -0.25) is 9.59 Å². The van der Waals surface area contributed by atoms with E-state index in [1.54, 1.807) is 0 Å². The molecule has 5 N–H and O–H groups in total. The van der Waals surface area contributed by atoms with Gasteiger partial charge in [0, 0.05) is 12.5 Å². The van der Waals surface area contributed by atoms with Crippen LogP contribution in [0.4, 0.5) is 4.79 Å². The number of hydrogen-bond donors (Lipinski definition) is 4. The quantitative estimate of drug-likeness (QED) is 0.422. The molecular weight excluding hydrogens is 450 g/mol. The number of primary sulfonamides is 1. The molecule has 2 aromatic carbocycles. The average molecular weight is 476 g/mol. The monoisotopic (exact) mass is 475 g/mol. The summed E-state index contributed by atoms with van der Waals surface area (Å²) in [4.78, 5) is 35.9. The van der Waals surface area contributed by atoms with Crippen molar-refractivity contribution >= 4 is 28.0 Å². The Kier molecular flexibility index (Phi) is 7.34. The largest absolute Gasteiger partial charge is 0.481 e. The van der Waals surface area contributed by atoms with Gasteiger partial charge in [-0.15, -0.1) is 0 Å². The second kappa shape index (κ2) is 10.0. The highest BCUT2D eigenvalue weighted by Gasteiger charge is 2.30. The van der Waals surface area contributed by atoms with Crippen molar-refractivity contribution in [1.82, 2.24) is 10.6 Å². The van der Waals surface area contributed by atoms with E-state index >= 15 is 0 Å². The molecule has 0 saturated carbocycles.